The zero-order chi connectivity index (χ0) is 19.6. The van der Waals surface area contributed by atoms with Crippen LogP contribution >= 0.6 is 0 Å². The summed E-state index contributed by atoms with van der Waals surface area (Å²) in [5, 5.41) is 6.16. The van der Waals surface area contributed by atoms with Crippen molar-refractivity contribution in [2.75, 3.05) is 25.0 Å². The van der Waals surface area contributed by atoms with Crippen LogP contribution in [0.1, 0.15) is 49.2 Å². The van der Waals surface area contributed by atoms with Crippen LogP contribution in [0.3, 0.4) is 0 Å². The molecule has 0 saturated carbocycles. The number of hydrogen-bond donors (Lipinski definition) is 2. The Bertz CT molecular complexity index is 742. The molecule has 0 aliphatic carbocycles. The van der Waals surface area contributed by atoms with E-state index >= 15 is 0 Å². The fraction of sp³-hybridized carbons (Fsp3) is 0.364. The molecule has 0 spiro atoms. The average molecular weight is 367 g/mol. The van der Waals surface area contributed by atoms with Gasteiger partial charge in [-0.2, -0.15) is 0 Å². The number of hydrogen-bond acceptors (Lipinski definition) is 3. The Hall–Kier alpha value is -2.66. The van der Waals surface area contributed by atoms with Crippen molar-refractivity contribution in [2.24, 2.45) is 0 Å². The van der Waals surface area contributed by atoms with Crippen LogP contribution in [0.15, 0.2) is 54.6 Å². The number of carbonyl (C=O) groups excluding carboxylic acids is 2. The van der Waals surface area contributed by atoms with Gasteiger partial charge >= 0.3 is 0 Å². The van der Waals surface area contributed by atoms with Crippen LogP contribution < -0.4 is 10.6 Å². The number of anilines is 1. The van der Waals surface area contributed by atoms with Gasteiger partial charge in [0, 0.05) is 30.4 Å². The SMILES string of the molecule is CCC(NCC(=O)Nc1cccc(C(=O)N(CC)CC)c1)c1ccccc1. The Balaban J connectivity index is 1.95. The molecule has 27 heavy (non-hydrogen) atoms. The predicted molar refractivity (Wildman–Crippen MR) is 110 cm³/mol. The predicted octanol–water partition coefficient (Wildman–Crippen LogP) is 3.85. The van der Waals surface area contributed by atoms with Gasteiger partial charge in [0.05, 0.1) is 6.54 Å². The summed E-state index contributed by atoms with van der Waals surface area (Å²) in [5.74, 6) is -0.152. The van der Waals surface area contributed by atoms with Gasteiger partial charge in [0.15, 0.2) is 0 Å². The molecule has 0 bridgehead atoms. The van der Waals surface area contributed by atoms with Crippen molar-refractivity contribution < 1.29 is 9.59 Å². The monoisotopic (exact) mass is 367 g/mol. The maximum atomic E-state index is 12.5. The zero-order valence-corrected chi connectivity index (χ0v) is 16.4. The molecule has 2 aromatic carbocycles. The minimum Gasteiger partial charge on any atom is -0.339 e. The molecule has 0 saturated heterocycles. The second kappa shape index (κ2) is 10.5. The van der Waals surface area contributed by atoms with Crippen molar-refractivity contribution in [1.29, 1.82) is 0 Å². The van der Waals surface area contributed by atoms with Gasteiger partial charge in [0.2, 0.25) is 5.91 Å². The third kappa shape index (κ3) is 5.93. The van der Waals surface area contributed by atoms with Gasteiger partial charge in [-0.1, -0.05) is 43.3 Å². The van der Waals surface area contributed by atoms with Crippen molar-refractivity contribution in [3.63, 3.8) is 0 Å². The molecular weight excluding hydrogens is 338 g/mol. The molecule has 144 valence electrons. The maximum Gasteiger partial charge on any atom is 0.253 e. The van der Waals surface area contributed by atoms with Crippen LogP contribution in [-0.4, -0.2) is 36.3 Å². The lowest BCUT2D eigenvalue weighted by molar-refractivity contribution is -0.115. The van der Waals surface area contributed by atoms with Crippen LogP contribution in [0.2, 0.25) is 0 Å². The molecule has 0 radical (unpaired) electrons. The highest BCUT2D eigenvalue weighted by atomic mass is 16.2. The maximum absolute atomic E-state index is 12.5. The van der Waals surface area contributed by atoms with E-state index in [1.54, 1.807) is 29.2 Å². The summed E-state index contributed by atoms with van der Waals surface area (Å²) >= 11 is 0. The van der Waals surface area contributed by atoms with E-state index in [0.717, 1.165) is 6.42 Å². The lowest BCUT2D eigenvalue weighted by Gasteiger charge is -2.19. The van der Waals surface area contributed by atoms with Crippen LogP contribution in [0.25, 0.3) is 0 Å². The van der Waals surface area contributed by atoms with E-state index in [0.29, 0.717) is 24.3 Å². The molecule has 2 aromatic rings. The summed E-state index contributed by atoms with van der Waals surface area (Å²) in [7, 11) is 0. The number of nitrogens with one attached hydrogen (secondary N) is 2. The lowest BCUT2D eigenvalue weighted by Crippen LogP contribution is -2.31. The molecule has 1 atom stereocenters. The Morgan fingerprint density at radius 2 is 1.67 bits per heavy atom. The fourth-order valence-corrected chi connectivity index (χ4v) is 3.03. The summed E-state index contributed by atoms with van der Waals surface area (Å²) in [5.41, 5.74) is 2.38. The van der Waals surface area contributed by atoms with Gasteiger partial charge in [-0.25, -0.2) is 0 Å². The third-order valence-electron chi connectivity index (χ3n) is 4.56. The zero-order valence-electron chi connectivity index (χ0n) is 16.4. The molecule has 0 heterocycles. The van der Waals surface area contributed by atoms with E-state index in [4.69, 9.17) is 0 Å². The normalized spacial score (nSPS) is 11.7. The summed E-state index contributed by atoms with van der Waals surface area (Å²) in [6.07, 6.45) is 0.894. The molecule has 5 nitrogen and oxygen atoms in total. The number of benzene rings is 2. The summed E-state index contributed by atoms with van der Waals surface area (Å²) < 4.78 is 0. The molecule has 2 N–H and O–H groups in total. The van der Waals surface area contributed by atoms with Crippen molar-refractivity contribution in [1.82, 2.24) is 10.2 Å². The smallest absolute Gasteiger partial charge is 0.253 e. The first-order valence-corrected chi connectivity index (χ1v) is 9.56. The van der Waals surface area contributed by atoms with Gasteiger partial charge in [0.1, 0.15) is 0 Å². The molecule has 5 heteroatoms. The number of amides is 2. The molecule has 0 aliphatic heterocycles. The van der Waals surface area contributed by atoms with Gasteiger partial charge in [-0.05, 0) is 44.0 Å². The first-order valence-electron chi connectivity index (χ1n) is 9.56. The number of nitrogens with zero attached hydrogens (tertiary/aromatic N) is 1. The molecule has 0 aliphatic rings. The second-order valence-electron chi connectivity index (χ2n) is 6.36. The minimum absolute atomic E-state index is 0.0238. The highest BCUT2D eigenvalue weighted by Crippen LogP contribution is 2.16. The Morgan fingerprint density at radius 3 is 2.30 bits per heavy atom. The van der Waals surface area contributed by atoms with Gasteiger partial charge < -0.3 is 15.5 Å². The van der Waals surface area contributed by atoms with Crippen LogP contribution in [0, 0.1) is 0 Å². The second-order valence-corrected chi connectivity index (χ2v) is 6.36. The Morgan fingerprint density at radius 1 is 0.963 bits per heavy atom. The van der Waals surface area contributed by atoms with E-state index < -0.39 is 0 Å². The topological polar surface area (TPSA) is 61.4 Å². The number of carbonyl (C=O) groups is 2. The standard InChI is InChI=1S/C22H29N3O2/c1-4-20(17-11-8-7-9-12-17)23-16-21(26)24-19-14-10-13-18(15-19)22(27)25(5-2)6-3/h7-15,20,23H,4-6,16H2,1-3H3,(H,24,26). The minimum atomic E-state index is -0.128. The lowest BCUT2D eigenvalue weighted by atomic mass is 10.0. The molecule has 2 rings (SSSR count). The third-order valence-corrected chi connectivity index (χ3v) is 4.56. The number of rotatable bonds is 9. The molecule has 1 unspecified atom stereocenters. The van der Waals surface area contributed by atoms with Crippen molar-refractivity contribution in [2.45, 2.75) is 33.2 Å². The highest BCUT2D eigenvalue weighted by Gasteiger charge is 2.14. The van der Waals surface area contributed by atoms with E-state index in [9.17, 15) is 9.59 Å². The molecule has 0 fully saturated rings. The van der Waals surface area contributed by atoms with Crippen molar-refractivity contribution in [3.05, 3.63) is 65.7 Å². The fourth-order valence-electron chi connectivity index (χ4n) is 3.03. The van der Waals surface area contributed by atoms with E-state index in [1.807, 2.05) is 32.0 Å². The van der Waals surface area contributed by atoms with E-state index in [2.05, 4.69) is 29.7 Å². The van der Waals surface area contributed by atoms with Crippen LogP contribution in [0.4, 0.5) is 5.69 Å². The molecular formula is C22H29N3O2. The van der Waals surface area contributed by atoms with Crippen molar-refractivity contribution in [3.8, 4) is 0 Å². The van der Waals surface area contributed by atoms with Gasteiger partial charge in [0.25, 0.3) is 5.91 Å². The summed E-state index contributed by atoms with van der Waals surface area (Å²) in [4.78, 5) is 26.5. The first-order chi connectivity index (χ1) is 13.1. The van der Waals surface area contributed by atoms with Gasteiger partial charge in [-0.15, -0.1) is 0 Å². The van der Waals surface area contributed by atoms with E-state index in [-0.39, 0.29) is 24.4 Å². The van der Waals surface area contributed by atoms with Crippen molar-refractivity contribution >= 4 is 17.5 Å². The summed E-state index contributed by atoms with van der Waals surface area (Å²) in [6, 6.07) is 17.3. The first kappa shape index (κ1) is 20.6. The largest absolute Gasteiger partial charge is 0.339 e. The Kier molecular flexibility index (Phi) is 8.01. The average Bonchev–Trinajstić information content (AvgIpc) is 2.70. The molecule has 0 aromatic heterocycles. The van der Waals surface area contributed by atoms with E-state index in [1.165, 1.54) is 5.56 Å². The van der Waals surface area contributed by atoms with Gasteiger partial charge in [-0.3, -0.25) is 9.59 Å². The van der Waals surface area contributed by atoms with Crippen LogP contribution in [0.5, 0.6) is 0 Å². The summed E-state index contributed by atoms with van der Waals surface area (Å²) in [6.45, 7) is 7.53. The molecule has 2 amide bonds. The highest BCUT2D eigenvalue weighted by molar-refractivity contribution is 5.97. The van der Waals surface area contributed by atoms with Crippen LogP contribution in [-0.2, 0) is 4.79 Å². The Labute approximate surface area is 161 Å². The quantitative estimate of drug-likeness (QED) is 0.708.